The van der Waals surface area contributed by atoms with Crippen LogP contribution < -0.4 is 5.32 Å². The number of rotatable bonds is 7. The van der Waals surface area contributed by atoms with E-state index in [2.05, 4.69) is 40.2 Å². The summed E-state index contributed by atoms with van der Waals surface area (Å²) in [5, 5.41) is 3.58. The van der Waals surface area contributed by atoms with Crippen LogP contribution in [0.5, 0.6) is 0 Å². The Labute approximate surface area is 210 Å². The van der Waals surface area contributed by atoms with E-state index in [1.165, 1.54) is 30.2 Å². The fraction of sp³-hybridized carbons (Fsp3) is 0.304. The van der Waals surface area contributed by atoms with Gasteiger partial charge in [-0.05, 0) is 0 Å². The maximum atomic E-state index is 12.9. The number of anilines is 1. The predicted octanol–water partition coefficient (Wildman–Crippen LogP) is 4.69. The first-order chi connectivity index (χ1) is 16.6. The van der Waals surface area contributed by atoms with Crippen molar-refractivity contribution < 1.29 is 9.59 Å². The maximum absolute atomic E-state index is 12.9. The van der Waals surface area contributed by atoms with Gasteiger partial charge in [0, 0.05) is 36.2 Å². The summed E-state index contributed by atoms with van der Waals surface area (Å²) in [6.45, 7) is 7.96. The molecule has 35 heavy (non-hydrogen) atoms. The first-order valence-electron chi connectivity index (χ1n) is 10.8. The number of hydrogen-bond donors (Lipinski definition) is 2. The first-order valence-corrected chi connectivity index (χ1v) is 12.0. The largest absolute Gasteiger partial charge is 0.343 e. The molecule has 1 amide bonds. The quantitative estimate of drug-likeness (QED) is 0.341. The molecule has 0 aromatic carbocycles. The Kier molecular flexibility index (Phi) is 6.99. The van der Waals surface area contributed by atoms with Gasteiger partial charge in [0.25, 0.3) is 5.91 Å². The molecular formula is C23H23ClN8O2S. The molecule has 4 aromatic heterocycles. The van der Waals surface area contributed by atoms with Crippen LogP contribution in [0.1, 0.15) is 70.9 Å². The summed E-state index contributed by atoms with van der Waals surface area (Å²) in [5.41, 5.74) is 1.12. The standard InChI is InChI=1S/C23H23ClN8O2S/c1-12(7-13(33)18-17(24)19(31-11-30-18)20-25-5-6-26-20)22-27-9-14(35-22)21(34)32-16-8-15(23(2,3)4)28-10-29-16/h5-6,8-12H,7H2,1-4H3,(H,25,26)(H,28,29,32,34). The fourth-order valence-electron chi connectivity index (χ4n) is 3.22. The smallest absolute Gasteiger partial charge is 0.268 e. The summed E-state index contributed by atoms with van der Waals surface area (Å²) in [7, 11) is 0. The number of nitrogens with zero attached hydrogens (tertiary/aromatic N) is 6. The third kappa shape index (κ3) is 5.57. The van der Waals surface area contributed by atoms with Crippen LogP contribution in [0.4, 0.5) is 5.82 Å². The summed E-state index contributed by atoms with van der Waals surface area (Å²) >= 11 is 7.63. The van der Waals surface area contributed by atoms with Gasteiger partial charge in [-0.15, -0.1) is 11.3 Å². The molecule has 0 aliphatic rings. The van der Waals surface area contributed by atoms with Crippen molar-refractivity contribution in [3.8, 4) is 11.5 Å². The number of aromatic amines is 1. The zero-order valence-electron chi connectivity index (χ0n) is 19.5. The van der Waals surface area contributed by atoms with E-state index in [4.69, 9.17) is 11.6 Å². The van der Waals surface area contributed by atoms with E-state index in [0.717, 1.165) is 5.69 Å². The highest BCUT2D eigenvalue weighted by molar-refractivity contribution is 7.13. The van der Waals surface area contributed by atoms with Crippen LogP contribution >= 0.6 is 22.9 Å². The van der Waals surface area contributed by atoms with E-state index >= 15 is 0 Å². The number of imidazole rings is 1. The molecule has 180 valence electrons. The minimum Gasteiger partial charge on any atom is -0.343 e. The van der Waals surface area contributed by atoms with Crippen molar-refractivity contribution in [2.75, 3.05) is 5.32 Å². The van der Waals surface area contributed by atoms with Gasteiger partial charge in [-0.25, -0.2) is 29.9 Å². The van der Waals surface area contributed by atoms with Crippen molar-refractivity contribution in [3.63, 3.8) is 0 Å². The van der Waals surface area contributed by atoms with Crippen LogP contribution in [-0.4, -0.2) is 46.6 Å². The Bertz CT molecular complexity index is 1360. The Morgan fingerprint density at radius 1 is 1.11 bits per heavy atom. The second kappa shape index (κ2) is 9.96. The minimum atomic E-state index is -0.326. The zero-order chi connectivity index (χ0) is 25.2. The number of aromatic nitrogens is 7. The van der Waals surface area contributed by atoms with Crippen molar-refractivity contribution in [1.29, 1.82) is 0 Å². The van der Waals surface area contributed by atoms with Gasteiger partial charge in [-0.2, -0.15) is 0 Å². The van der Waals surface area contributed by atoms with Gasteiger partial charge >= 0.3 is 0 Å². The van der Waals surface area contributed by atoms with E-state index < -0.39 is 0 Å². The first kappa shape index (κ1) is 24.6. The summed E-state index contributed by atoms with van der Waals surface area (Å²) in [4.78, 5) is 54.1. The molecule has 1 atom stereocenters. The number of Topliss-reactive ketones (excluding diaryl/α,β-unsaturated/α-hetero) is 1. The zero-order valence-corrected chi connectivity index (χ0v) is 21.1. The normalized spacial score (nSPS) is 12.4. The number of halogens is 1. The molecule has 0 bridgehead atoms. The third-order valence-corrected chi connectivity index (χ3v) is 6.70. The molecule has 1 unspecified atom stereocenters. The number of H-pyrrole nitrogens is 1. The lowest BCUT2D eigenvalue weighted by atomic mass is 9.92. The van der Waals surface area contributed by atoms with Gasteiger partial charge in [0.15, 0.2) is 11.6 Å². The van der Waals surface area contributed by atoms with E-state index in [0.29, 0.717) is 27.2 Å². The highest BCUT2D eigenvalue weighted by atomic mass is 35.5. The van der Waals surface area contributed by atoms with Crippen molar-refractivity contribution in [1.82, 2.24) is 34.9 Å². The average molecular weight is 511 g/mol. The van der Waals surface area contributed by atoms with Gasteiger partial charge in [0.1, 0.15) is 34.7 Å². The molecule has 0 spiro atoms. The van der Waals surface area contributed by atoms with Crippen molar-refractivity contribution in [2.24, 2.45) is 0 Å². The Balaban J connectivity index is 1.44. The highest BCUT2D eigenvalue weighted by Crippen LogP contribution is 2.30. The van der Waals surface area contributed by atoms with Gasteiger partial charge < -0.3 is 10.3 Å². The van der Waals surface area contributed by atoms with E-state index in [1.54, 1.807) is 18.5 Å². The number of carbonyl (C=O) groups is 2. The predicted molar refractivity (Wildman–Crippen MR) is 133 cm³/mol. The molecule has 12 heteroatoms. The Morgan fingerprint density at radius 2 is 1.89 bits per heavy atom. The lowest BCUT2D eigenvalue weighted by Gasteiger charge is -2.17. The molecule has 0 aliphatic heterocycles. The van der Waals surface area contributed by atoms with Gasteiger partial charge in [0.05, 0.1) is 21.9 Å². The van der Waals surface area contributed by atoms with Crippen LogP contribution in [0.2, 0.25) is 5.02 Å². The minimum absolute atomic E-state index is 0.115. The summed E-state index contributed by atoms with van der Waals surface area (Å²) < 4.78 is 0. The van der Waals surface area contributed by atoms with E-state index in [-0.39, 0.29) is 40.2 Å². The van der Waals surface area contributed by atoms with Crippen LogP contribution in [0.15, 0.2) is 37.3 Å². The molecule has 10 nitrogen and oxygen atoms in total. The van der Waals surface area contributed by atoms with Gasteiger partial charge in [0.2, 0.25) is 0 Å². The molecule has 0 saturated carbocycles. The van der Waals surface area contributed by atoms with Gasteiger partial charge in [-0.3, -0.25) is 9.59 Å². The number of amides is 1. The topological polar surface area (TPSA) is 139 Å². The summed E-state index contributed by atoms with van der Waals surface area (Å²) in [6.07, 6.45) is 7.53. The number of nitrogens with one attached hydrogen (secondary N) is 2. The fourth-order valence-corrected chi connectivity index (χ4v) is 4.38. The van der Waals surface area contributed by atoms with Crippen molar-refractivity contribution in [2.45, 2.75) is 45.4 Å². The number of thiazole rings is 1. The Hall–Kier alpha value is -3.57. The summed E-state index contributed by atoms with van der Waals surface area (Å²) in [5.74, 6) is 0.0355. The molecule has 0 aliphatic carbocycles. The number of carbonyl (C=O) groups excluding carboxylic acids is 2. The molecule has 2 N–H and O–H groups in total. The monoisotopic (exact) mass is 510 g/mol. The number of ketones is 1. The van der Waals surface area contributed by atoms with Crippen LogP contribution in [0.3, 0.4) is 0 Å². The van der Waals surface area contributed by atoms with Crippen molar-refractivity contribution >= 4 is 40.4 Å². The molecular weight excluding hydrogens is 488 g/mol. The SMILES string of the molecule is CC(CC(=O)c1ncnc(-c2ncc[nH]2)c1Cl)c1ncc(C(=O)Nc2cc(C(C)(C)C)ncn2)s1. The lowest BCUT2D eigenvalue weighted by molar-refractivity contribution is 0.0969. The van der Waals surface area contributed by atoms with Crippen LogP contribution in [-0.2, 0) is 5.41 Å². The molecule has 0 saturated heterocycles. The summed E-state index contributed by atoms with van der Waals surface area (Å²) in [6, 6.07) is 1.75. The number of hydrogen-bond acceptors (Lipinski definition) is 9. The molecule has 4 heterocycles. The van der Waals surface area contributed by atoms with Crippen LogP contribution in [0.25, 0.3) is 11.5 Å². The van der Waals surface area contributed by atoms with Crippen molar-refractivity contribution in [3.05, 3.63) is 63.6 Å². The molecule has 4 aromatic rings. The molecule has 4 rings (SSSR count). The molecule has 0 fully saturated rings. The second-order valence-corrected chi connectivity index (χ2v) is 10.3. The van der Waals surface area contributed by atoms with Gasteiger partial charge in [-0.1, -0.05) is 39.3 Å². The van der Waals surface area contributed by atoms with E-state index in [9.17, 15) is 9.59 Å². The average Bonchev–Trinajstić information content (AvgIpc) is 3.51. The molecule has 0 radical (unpaired) electrons. The third-order valence-electron chi connectivity index (χ3n) is 5.11. The lowest BCUT2D eigenvalue weighted by Crippen LogP contribution is -2.16. The highest BCUT2D eigenvalue weighted by Gasteiger charge is 2.23. The Morgan fingerprint density at radius 3 is 2.60 bits per heavy atom. The second-order valence-electron chi connectivity index (χ2n) is 8.91. The van der Waals surface area contributed by atoms with E-state index in [1.807, 2.05) is 27.7 Å². The maximum Gasteiger partial charge on any atom is 0.268 e. The van der Waals surface area contributed by atoms with Crippen LogP contribution in [0, 0.1) is 0 Å².